The van der Waals surface area contributed by atoms with Gasteiger partial charge in [-0.3, -0.25) is 0 Å². The summed E-state index contributed by atoms with van der Waals surface area (Å²) in [6, 6.07) is 15.8. The van der Waals surface area contributed by atoms with Gasteiger partial charge in [0, 0.05) is 45.3 Å². The van der Waals surface area contributed by atoms with Gasteiger partial charge in [0.05, 0.1) is 5.75 Å². The number of hydrogen-bond donors (Lipinski definition) is 2. The van der Waals surface area contributed by atoms with Crippen LogP contribution in [0.15, 0.2) is 60.9 Å². The monoisotopic (exact) mass is 350 g/mol. The van der Waals surface area contributed by atoms with E-state index in [-0.39, 0.29) is 5.75 Å². The maximum atomic E-state index is 13.3. The highest BCUT2D eigenvalue weighted by Crippen LogP contribution is 2.50. The molecule has 0 saturated carbocycles. The van der Waals surface area contributed by atoms with Crippen LogP contribution < -0.4 is 0 Å². The summed E-state index contributed by atoms with van der Waals surface area (Å²) in [5, 5.41) is 1.97. The summed E-state index contributed by atoms with van der Waals surface area (Å²) in [5.74, 6) is 0.228. The number of rotatable bonds is 2. The first-order chi connectivity index (χ1) is 12.1. The third kappa shape index (κ3) is 1.84. The number of hydrogen-bond acceptors (Lipinski definition) is 2. The zero-order chi connectivity index (χ0) is 17.1. The Morgan fingerprint density at radius 1 is 0.800 bits per heavy atom. The molecule has 1 fully saturated rings. The van der Waals surface area contributed by atoms with Gasteiger partial charge in [-0.25, -0.2) is 8.42 Å². The van der Waals surface area contributed by atoms with Gasteiger partial charge < -0.3 is 9.97 Å². The van der Waals surface area contributed by atoms with Gasteiger partial charge in [0.25, 0.3) is 0 Å². The molecule has 2 N–H and O–H groups in total. The van der Waals surface area contributed by atoms with Crippen LogP contribution in [0.2, 0.25) is 0 Å². The standard InChI is InChI=1S/C20H18N2O2S/c23-25(24)11-5-10-20(25,16-12-21-18-8-3-1-6-14(16)18)17-13-22-19-9-4-2-7-15(17)19/h1-4,6-9,12-13,21-22H,5,10-11H2. The molecule has 2 aromatic carbocycles. The van der Waals surface area contributed by atoms with E-state index in [4.69, 9.17) is 0 Å². The van der Waals surface area contributed by atoms with Crippen LogP contribution in [0, 0.1) is 0 Å². The lowest BCUT2D eigenvalue weighted by atomic mass is 9.86. The molecule has 4 aromatic rings. The van der Waals surface area contributed by atoms with Crippen molar-refractivity contribution in [2.75, 3.05) is 5.75 Å². The van der Waals surface area contributed by atoms with Crippen molar-refractivity contribution in [2.24, 2.45) is 0 Å². The van der Waals surface area contributed by atoms with E-state index < -0.39 is 14.6 Å². The van der Waals surface area contributed by atoms with Crippen molar-refractivity contribution in [1.29, 1.82) is 0 Å². The molecule has 0 bridgehead atoms. The molecule has 0 radical (unpaired) electrons. The Kier molecular flexibility index (Phi) is 2.95. The van der Waals surface area contributed by atoms with Crippen LogP contribution in [0.25, 0.3) is 21.8 Å². The Morgan fingerprint density at radius 2 is 1.32 bits per heavy atom. The first-order valence-electron chi connectivity index (χ1n) is 8.49. The zero-order valence-corrected chi connectivity index (χ0v) is 14.4. The van der Waals surface area contributed by atoms with Crippen molar-refractivity contribution < 1.29 is 8.42 Å². The minimum atomic E-state index is -3.32. The second-order valence-corrected chi connectivity index (χ2v) is 9.08. The third-order valence-corrected chi connectivity index (χ3v) is 8.05. The summed E-state index contributed by atoms with van der Waals surface area (Å²) in [6.45, 7) is 0. The van der Waals surface area contributed by atoms with E-state index in [0.717, 1.165) is 32.9 Å². The Balaban J connectivity index is 1.92. The van der Waals surface area contributed by atoms with E-state index in [2.05, 4.69) is 9.97 Å². The van der Waals surface area contributed by atoms with Gasteiger partial charge in [-0.2, -0.15) is 0 Å². The topological polar surface area (TPSA) is 65.7 Å². The molecule has 5 rings (SSSR count). The summed E-state index contributed by atoms with van der Waals surface area (Å²) in [7, 11) is -3.32. The Morgan fingerprint density at radius 3 is 1.80 bits per heavy atom. The summed E-state index contributed by atoms with van der Waals surface area (Å²) in [5.41, 5.74) is 3.67. The van der Waals surface area contributed by atoms with E-state index in [9.17, 15) is 8.42 Å². The van der Waals surface area contributed by atoms with E-state index in [1.165, 1.54) is 0 Å². The lowest BCUT2D eigenvalue weighted by molar-refractivity contribution is 0.567. The van der Waals surface area contributed by atoms with Crippen molar-refractivity contribution in [3.8, 4) is 0 Å². The van der Waals surface area contributed by atoms with Crippen LogP contribution >= 0.6 is 0 Å². The van der Waals surface area contributed by atoms with E-state index >= 15 is 0 Å². The predicted molar refractivity (Wildman–Crippen MR) is 100 cm³/mol. The molecule has 2 aromatic heterocycles. The SMILES string of the molecule is O=S1(=O)CCCC1(c1c[nH]c2ccccc12)c1c[nH]c2ccccc12. The Labute approximate surface area is 145 Å². The molecule has 25 heavy (non-hydrogen) atoms. The lowest BCUT2D eigenvalue weighted by Gasteiger charge is -2.28. The molecule has 1 aliphatic heterocycles. The van der Waals surface area contributed by atoms with Gasteiger partial charge in [0.1, 0.15) is 4.75 Å². The minimum Gasteiger partial charge on any atom is -0.361 e. The highest BCUT2D eigenvalue weighted by atomic mass is 32.2. The van der Waals surface area contributed by atoms with Gasteiger partial charge in [0.15, 0.2) is 9.84 Å². The number of fused-ring (bicyclic) bond motifs is 2. The smallest absolute Gasteiger partial charge is 0.164 e. The number of nitrogens with one attached hydrogen (secondary N) is 2. The van der Waals surface area contributed by atoms with E-state index in [0.29, 0.717) is 12.8 Å². The number of sulfone groups is 1. The van der Waals surface area contributed by atoms with E-state index in [1.54, 1.807) is 0 Å². The summed E-state index contributed by atoms with van der Waals surface area (Å²) in [4.78, 5) is 6.53. The molecule has 0 atom stereocenters. The number of H-pyrrole nitrogens is 2. The number of aromatic nitrogens is 2. The summed E-state index contributed by atoms with van der Waals surface area (Å²) < 4.78 is 25.7. The minimum absolute atomic E-state index is 0.228. The van der Waals surface area contributed by atoms with Gasteiger partial charge in [-0.1, -0.05) is 36.4 Å². The molecule has 1 aliphatic rings. The average Bonchev–Trinajstić information content (AvgIpc) is 3.30. The second kappa shape index (κ2) is 4.99. The molecule has 5 heteroatoms. The van der Waals surface area contributed by atoms with Gasteiger partial charge in [-0.05, 0) is 25.0 Å². The fraction of sp³-hybridized carbons (Fsp3) is 0.200. The predicted octanol–water partition coefficient (Wildman–Crippen LogP) is 4.10. The molecule has 0 unspecified atom stereocenters. The molecule has 3 heterocycles. The van der Waals surface area contributed by atoms with Gasteiger partial charge in [-0.15, -0.1) is 0 Å². The van der Waals surface area contributed by atoms with Crippen molar-refractivity contribution in [1.82, 2.24) is 9.97 Å². The first kappa shape index (κ1) is 14.8. The van der Waals surface area contributed by atoms with Crippen LogP contribution in [0.1, 0.15) is 24.0 Å². The zero-order valence-electron chi connectivity index (χ0n) is 13.6. The van der Waals surface area contributed by atoms with Gasteiger partial charge >= 0.3 is 0 Å². The van der Waals surface area contributed by atoms with Crippen LogP contribution in [0.4, 0.5) is 0 Å². The normalized spacial score (nSPS) is 18.9. The van der Waals surface area contributed by atoms with Crippen molar-refractivity contribution in [2.45, 2.75) is 17.6 Å². The summed E-state index contributed by atoms with van der Waals surface area (Å²) >= 11 is 0. The number of benzene rings is 2. The highest BCUT2D eigenvalue weighted by Gasteiger charge is 2.52. The fourth-order valence-electron chi connectivity index (χ4n) is 4.40. The molecule has 0 spiro atoms. The molecule has 126 valence electrons. The largest absolute Gasteiger partial charge is 0.361 e. The maximum absolute atomic E-state index is 13.3. The number of aromatic amines is 2. The molecular formula is C20H18N2O2S. The van der Waals surface area contributed by atoms with Crippen molar-refractivity contribution in [3.05, 3.63) is 72.1 Å². The van der Waals surface area contributed by atoms with E-state index in [1.807, 2.05) is 60.9 Å². The van der Waals surface area contributed by atoms with Gasteiger partial charge in [0.2, 0.25) is 0 Å². The van der Waals surface area contributed by atoms with Crippen molar-refractivity contribution in [3.63, 3.8) is 0 Å². The van der Waals surface area contributed by atoms with Crippen LogP contribution in [0.3, 0.4) is 0 Å². The molecule has 1 saturated heterocycles. The third-order valence-electron chi connectivity index (χ3n) is 5.52. The van der Waals surface area contributed by atoms with Crippen LogP contribution in [0.5, 0.6) is 0 Å². The van der Waals surface area contributed by atoms with Crippen LogP contribution in [-0.4, -0.2) is 24.1 Å². The molecule has 4 nitrogen and oxygen atoms in total. The average molecular weight is 350 g/mol. The van der Waals surface area contributed by atoms with Crippen molar-refractivity contribution >= 4 is 31.6 Å². The Bertz CT molecular complexity index is 1130. The first-order valence-corrected chi connectivity index (χ1v) is 10.1. The second-order valence-electron chi connectivity index (χ2n) is 6.75. The molecular weight excluding hydrogens is 332 g/mol. The van der Waals surface area contributed by atoms with Crippen LogP contribution in [-0.2, 0) is 14.6 Å². The molecule has 0 aliphatic carbocycles. The highest BCUT2D eigenvalue weighted by molar-refractivity contribution is 7.92. The lowest BCUT2D eigenvalue weighted by Crippen LogP contribution is -2.32. The quantitative estimate of drug-likeness (QED) is 0.571. The Hall–Kier alpha value is -2.53. The maximum Gasteiger partial charge on any atom is 0.164 e. The molecule has 0 amide bonds. The fourth-order valence-corrected chi connectivity index (χ4v) is 6.74. The summed E-state index contributed by atoms with van der Waals surface area (Å²) in [6.07, 6.45) is 5.06. The number of para-hydroxylation sites is 2.